The number of hydrogen-bond donors (Lipinski definition) is 1. The number of rotatable bonds is 2. The van der Waals surface area contributed by atoms with Crippen LogP contribution in [-0.2, 0) is 4.74 Å². The van der Waals surface area contributed by atoms with E-state index in [1.165, 1.54) is 32.1 Å². The average Bonchev–Trinajstić information content (AvgIpc) is 2.29. The Bertz CT molecular complexity index is 198. The van der Waals surface area contributed by atoms with E-state index in [0.717, 1.165) is 25.8 Å². The molecule has 2 N–H and O–H groups in total. The Morgan fingerprint density at radius 3 is 3.00 bits per heavy atom. The number of nitrogens with two attached hydrogens (primary N) is 1. The zero-order valence-electron chi connectivity index (χ0n) is 9.82. The van der Waals surface area contributed by atoms with Crippen molar-refractivity contribution in [3.8, 4) is 0 Å². The molecule has 0 spiro atoms. The van der Waals surface area contributed by atoms with Gasteiger partial charge in [-0.3, -0.25) is 4.90 Å². The van der Waals surface area contributed by atoms with Gasteiger partial charge in [0.25, 0.3) is 0 Å². The molecule has 3 unspecified atom stereocenters. The van der Waals surface area contributed by atoms with E-state index in [2.05, 4.69) is 11.8 Å². The molecule has 3 atom stereocenters. The summed E-state index contributed by atoms with van der Waals surface area (Å²) in [5, 5.41) is 0. The molecule has 1 heterocycles. The fraction of sp³-hybridized carbons (Fsp3) is 1.00. The van der Waals surface area contributed by atoms with Crippen molar-refractivity contribution in [3.63, 3.8) is 0 Å². The third-order valence-electron chi connectivity index (χ3n) is 3.90. The predicted molar refractivity (Wildman–Crippen MR) is 61.8 cm³/mol. The van der Waals surface area contributed by atoms with Gasteiger partial charge < -0.3 is 10.5 Å². The molecule has 1 saturated carbocycles. The van der Waals surface area contributed by atoms with Crippen molar-refractivity contribution in [3.05, 3.63) is 0 Å². The number of morpholine rings is 1. The van der Waals surface area contributed by atoms with E-state index in [0.29, 0.717) is 12.1 Å². The van der Waals surface area contributed by atoms with Crippen LogP contribution in [-0.4, -0.2) is 42.8 Å². The van der Waals surface area contributed by atoms with Gasteiger partial charge in [-0.25, -0.2) is 0 Å². The van der Waals surface area contributed by atoms with E-state index < -0.39 is 0 Å². The first-order valence-corrected chi connectivity index (χ1v) is 6.40. The highest BCUT2D eigenvalue weighted by molar-refractivity contribution is 4.86. The summed E-state index contributed by atoms with van der Waals surface area (Å²) >= 11 is 0. The lowest BCUT2D eigenvalue weighted by Crippen LogP contribution is -2.53. The summed E-state index contributed by atoms with van der Waals surface area (Å²) in [4.78, 5) is 2.66. The molecule has 0 amide bonds. The summed E-state index contributed by atoms with van der Waals surface area (Å²) < 4.78 is 5.55. The Labute approximate surface area is 93.0 Å². The molecular weight excluding hydrogens is 188 g/mol. The van der Waals surface area contributed by atoms with Crippen LogP contribution < -0.4 is 5.73 Å². The lowest BCUT2D eigenvalue weighted by atomic mass is 9.89. The molecule has 2 aliphatic rings. The molecule has 0 radical (unpaired) electrons. The van der Waals surface area contributed by atoms with Gasteiger partial charge >= 0.3 is 0 Å². The van der Waals surface area contributed by atoms with Crippen molar-refractivity contribution < 1.29 is 4.74 Å². The molecule has 2 fully saturated rings. The van der Waals surface area contributed by atoms with Gasteiger partial charge in [-0.2, -0.15) is 0 Å². The molecule has 2 rings (SSSR count). The minimum absolute atomic E-state index is 0.434. The van der Waals surface area contributed by atoms with Crippen LogP contribution in [0, 0.1) is 0 Å². The molecule has 3 nitrogen and oxygen atoms in total. The molecule has 0 aromatic rings. The van der Waals surface area contributed by atoms with Crippen molar-refractivity contribution in [2.45, 2.75) is 57.2 Å². The lowest BCUT2D eigenvalue weighted by molar-refractivity contribution is -0.0383. The van der Waals surface area contributed by atoms with Gasteiger partial charge in [0.05, 0.1) is 13.2 Å². The van der Waals surface area contributed by atoms with E-state index in [1.54, 1.807) is 0 Å². The standard InChI is InChI=1S/C12H24N2O/c1-2-11-9-15-7-6-14(11)12-5-3-4-10(13)8-12/h10-12H,2-9,13H2,1H3. The van der Waals surface area contributed by atoms with Crippen molar-refractivity contribution in [2.24, 2.45) is 5.73 Å². The van der Waals surface area contributed by atoms with Crippen molar-refractivity contribution in [1.82, 2.24) is 4.90 Å². The van der Waals surface area contributed by atoms with Crippen LogP contribution in [0.3, 0.4) is 0 Å². The molecule has 0 aromatic heterocycles. The molecule has 15 heavy (non-hydrogen) atoms. The van der Waals surface area contributed by atoms with Crippen molar-refractivity contribution >= 4 is 0 Å². The summed E-state index contributed by atoms with van der Waals surface area (Å²) in [5.74, 6) is 0. The van der Waals surface area contributed by atoms with Gasteiger partial charge in [0.1, 0.15) is 0 Å². The molecule has 1 saturated heterocycles. The minimum atomic E-state index is 0.434. The summed E-state index contributed by atoms with van der Waals surface area (Å²) in [7, 11) is 0. The Morgan fingerprint density at radius 2 is 2.27 bits per heavy atom. The Balaban J connectivity index is 1.94. The Hall–Kier alpha value is -0.120. The van der Waals surface area contributed by atoms with E-state index in [4.69, 9.17) is 10.5 Å². The fourth-order valence-corrected chi connectivity index (χ4v) is 3.00. The molecule has 88 valence electrons. The predicted octanol–water partition coefficient (Wildman–Crippen LogP) is 1.37. The van der Waals surface area contributed by atoms with Crippen LogP contribution in [0.25, 0.3) is 0 Å². The highest BCUT2D eigenvalue weighted by Gasteiger charge is 2.30. The number of hydrogen-bond acceptors (Lipinski definition) is 3. The monoisotopic (exact) mass is 212 g/mol. The maximum atomic E-state index is 6.06. The van der Waals surface area contributed by atoms with Crippen molar-refractivity contribution in [1.29, 1.82) is 0 Å². The smallest absolute Gasteiger partial charge is 0.0622 e. The Morgan fingerprint density at radius 1 is 1.40 bits per heavy atom. The van der Waals surface area contributed by atoms with Crippen molar-refractivity contribution in [2.75, 3.05) is 19.8 Å². The third kappa shape index (κ3) is 2.71. The van der Waals surface area contributed by atoms with Gasteiger partial charge in [0.2, 0.25) is 0 Å². The van der Waals surface area contributed by atoms with E-state index in [-0.39, 0.29) is 0 Å². The highest BCUT2D eigenvalue weighted by Crippen LogP contribution is 2.25. The van der Waals surface area contributed by atoms with Gasteiger partial charge in [0, 0.05) is 24.7 Å². The maximum absolute atomic E-state index is 6.06. The third-order valence-corrected chi connectivity index (χ3v) is 3.90. The van der Waals surface area contributed by atoms with Crippen LogP contribution in [0.2, 0.25) is 0 Å². The largest absolute Gasteiger partial charge is 0.378 e. The molecule has 0 aromatic carbocycles. The second-order valence-electron chi connectivity index (χ2n) is 4.96. The molecule has 1 aliphatic heterocycles. The quantitative estimate of drug-likeness (QED) is 0.751. The van der Waals surface area contributed by atoms with E-state index in [9.17, 15) is 0 Å². The van der Waals surface area contributed by atoms with Crippen LogP contribution in [0.5, 0.6) is 0 Å². The highest BCUT2D eigenvalue weighted by atomic mass is 16.5. The zero-order valence-corrected chi connectivity index (χ0v) is 9.82. The normalized spacial score (nSPS) is 39.2. The maximum Gasteiger partial charge on any atom is 0.0622 e. The number of nitrogens with zero attached hydrogens (tertiary/aromatic N) is 1. The van der Waals surface area contributed by atoms with E-state index in [1.807, 2.05) is 0 Å². The average molecular weight is 212 g/mol. The van der Waals surface area contributed by atoms with E-state index >= 15 is 0 Å². The Kier molecular flexibility index (Phi) is 4.00. The van der Waals surface area contributed by atoms with Gasteiger partial charge in [-0.15, -0.1) is 0 Å². The van der Waals surface area contributed by atoms with Crippen LogP contribution >= 0.6 is 0 Å². The summed E-state index contributed by atoms with van der Waals surface area (Å²) in [6.45, 7) is 5.19. The first kappa shape index (κ1) is 11.4. The summed E-state index contributed by atoms with van der Waals surface area (Å²) in [5.41, 5.74) is 6.06. The first-order chi connectivity index (χ1) is 7.31. The second kappa shape index (κ2) is 5.28. The fourth-order valence-electron chi connectivity index (χ4n) is 3.00. The molecule has 0 bridgehead atoms. The van der Waals surface area contributed by atoms with Gasteiger partial charge in [-0.1, -0.05) is 13.3 Å². The molecule has 3 heteroatoms. The van der Waals surface area contributed by atoms with Gasteiger partial charge in [0.15, 0.2) is 0 Å². The zero-order chi connectivity index (χ0) is 10.7. The number of ether oxygens (including phenoxy) is 1. The van der Waals surface area contributed by atoms with Gasteiger partial charge in [-0.05, 0) is 25.7 Å². The molecule has 1 aliphatic carbocycles. The van der Waals surface area contributed by atoms with Crippen LogP contribution in [0.1, 0.15) is 39.0 Å². The summed E-state index contributed by atoms with van der Waals surface area (Å²) in [6.07, 6.45) is 6.25. The summed E-state index contributed by atoms with van der Waals surface area (Å²) in [6, 6.07) is 1.79. The van der Waals surface area contributed by atoms with Crippen LogP contribution in [0.4, 0.5) is 0 Å². The molecular formula is C12H24N2O. The first-order valence-electron chi connectivity index (χ1n) is 6.40. The SMILES string of the molecule is CCC1COCCN1C1CCCC(N)C1. The second-order valence-corrected chi connectivity index (χ2v) is 4.96. The topological polar surface area (TPSA) is 38.5 Å². The minimum Gasteiger partial charge on any atom is -0.378 e. The van der Waals surface area contributed by atoms with Crippen LogP contribution in [0.15, 0.2) is 0 Å². The lowest BCUT2D eigenvalue weighted by Gasteiger charge is -2.43.